The van der Waals surface area contributed by atoms with Crippen LogP contribution >= 0.6 is 11.8 Å². The van der Waals surface area contributed by atoms with Gasteiger partial charge in [-0.05, 0) is 50.8 Å². The maximum absolute atomic E-state index is 12.1. The van der Waals surface area contributed by atoms with E-state index in [4.69, 9.17) is 5.84 Å². The second kappa shape index (κ2) is 6.11. The fourth-order valence-electron chi connectivity index (χ4n) is 1.47. The topological polar surface area (TPSA) is 67.2 Å². The van der Waals surface area contributed by atoms with Gasteiger partial charge in [0.1, 0.15) is 0 Å². The number of carbonyl (C=O) groups is 1. The highest BCUT2D eigenvalue weighted by atomic mass is 32.2. The number of hydrogen-bond donors (Lipinski definition) is 3. The number of nitrogens with one attached hydrogen (secondary N) is 2. The summed E-state index contributed by atoms with van der Waals surface area (Å²) in [6.07, 6.45) is 2.04. The second-order valence-electron chi connectivity index (χ2n) is 4.82. The van der Waals surface area contributed by atoms with Gasteiger partial charge in [0.05, 0.1) is 0 Å². The largest absolute Gasteiger partial charge is 0.351 e. The third-order valence-corrected chi connectivity index (χ3v) is 4.11. The van der Waals surface area contributed by atoms with E-state index in [0.717, 1.165) is 11.3 Å². The summed E-state index contributed by atoms with van der Waals surface area (Å²) < 4.78 is 0.0440. The molecule has 0 fully saturated rings. The fraction of sp³-hybridized carbons (Fsp3) is 0.462. The lowest BCUT2D eigenvalue weighted by atomic mass is 10.1. The van der Waals surface area contributed by atoms with Crippen molar-refractivity contribution < 1.29 is 4.79 Å². The van der Waals surface area contributed by atoms with E-state index >= 15 is 0 Å². The van der Waals surface area contributed by atoms with Crippen LogP contribution < -0.4 is 16.6 Å². The van der Waals surface area contributed by atoms with Crippen molar-refractivity contribution in [1.29, 1.82) is 0 Å². The van der Waals surface area contributed by atoms with Crippen molar-refractivity contribution in [3.63, 3.8) is 0 Å². The Morgan fingerprint density at radius 3 is 2.61 bits per heavy atom. The molecule has 100 valence electrons. The number of benzene rings is 1. The number of hydrazine groups is 1. The second-order valence-corrected chi connectivity index (χ2v) is 6.33. The molecule has 1 rings (SSSR count). The minimum atomic E-state index is -0.0433. The van der Waals surface area contributed by atoms with Crippen molar-refractivity contribution in [2.24, 2.45) is 5.84 Å². The zero-order chi connectivity index (χ0) is 13.8. The van der Waals surface area contributed by atoms with Crippen LogP contribution in [0.3, 0.4) is 0 Å². The smallest absolute Gasteiger partial charge is 0.251 e. The molecule has 0 saturated heterocycles. The van der Waals surface area contributed by atoms with Crippen molar-refractivity contribution in [3.05, 3.63) is 29.3 Å². The van der Waals surface area contributed by atoms with Crippen LogP contribution in [-0.4, -0.2) is 23.5 Å². The van der Waals surface area contributed by atoms with Crippen LogP contribution in [0.1, 0.15) is 29.8 Å². The zero-order valence-electron chi connectivity index (χ0n) is 11.3. The lowest BCUT2D eigenvalue weighted by molar-refractivity contribution is 0.0950. The summed E-state index contributed by atoms with van der Waals surface area (Å²) in [5.74, 6) is 5.28. The molecule has 0 aliphatic heterocycles. The Morgan fingerprint density at radius 1 is 1.44 bits per heavy atom. The zero-order valence-corrected chi connectivity index (χ0v) is 12.1. The van der Waals surface area contributed by atoms with E-state index in [1.165, 1.54) is 0 Å². The quantitative estimate of drug-likeness (QED) is 0.565. The first-order valence-corrected chi connectivity index (χ1v) is 7.03. The average Bonchev–Trinajstić information content (AvgIpc) is 2.36. The number of carbonyl (C=O) groups excluding carboxylic acids is 1. The number of nitrogens with two attached hydrogens (primary N) is 1. The third-order valence-electron chi connectivity index (χ3n) is 2.86. The maximum atomic E-state index is 12.1. The first-order valence-electron chi connectivity index (χ1n) is 5.80. The first kappa shape index (κ1) is 14.9. The first-order chi connectivity index (χ1) is 8.39. The molecule has 0 unspecified atom stereocenters. The average molecular weight is 267 g/mol. The molecule has 4 nitrogen and oxygen atoms in total. The molecule has 0 saturated carbocycles. The predicted octanol–water partition coefficient (Wildman–Crippen LogP) is 2.15. The standard InChI is InChI=1S/C13H21N3OS/c1-9-7-10(16-14)5-6-11(9)12(17)15-8-13(2,3)18-4/h5-7,16H,8,14H2,1-4H3,(H,15,17). The minimum Gasteiger partial charge on any atom is -0.351 e. The maximum Gasteiger partial charge on any atom is 0.251 e. The van der Waals surface area contributed by atoms with Crippen LogP contribution in [0.2, 0.25) is 0 Å². The third kappa shape index (κ3) is 3.92. The van der Waals surface area contributed by atoms with Crippen LogP contribution in [0.15, 0.2) is 18.2 Å². The van der Waals surface area contributed by atoms with Gasteiger partial charge >= 0.3 is 0 Å². The van der Waals surface area contributed by atoms with Gasteiger partial charge < -0.3 is 10.7 Å². The van der Waals surface area contributed by atoms with Crippen molar-refractivity contribution in [2.75, 3.05) is 18.2 Å². The van der Waals surface area contributed by atoms with E-state index in [-0.39, 0.29) is 10.7 Å². The summed E-state index contributed by atoms with van der Waals surface area (Å²) >= 11 is 1.73. The van der Waals surface area contributed by atoms with Crippen LogP contribution in [0.5, 0.6) is 0 Å². The summed E-state index contributed by atoms with van der Waals surface area (Å²) in [7, 11) is 0. The molecule has 1 aromatic rings. The lowest BCUT2D eigenvalue weighted by Gasteiger charge is -2.22. The van der Waals surface area contributed by atoms with Gasteiger partial charge in [-0.25, -0.2) is 0 Å². The Labute approximate surface area is 113 Å². The highest BCUT2D eigenvalue weighted by molar-refractivity contribution is 7.99. The monoisotopic (exact) mass is 267 g/mol. The van der Waals surface area contributed by atoms with Crippen LogP contribution in [0, 0.1) is 6.92 Å². The lowest BCUT2D eigenvalue weighted by Crippen LogP contribution is -2.36. The SMILES string of the molecule is CSC(C)(C)CNC(=O)c1ccc(NN)cc1C. The molecular formula is C13H21N3OS. The molecule has 1 amide bonds. The molecule has 4 N–H and O–H groups in total. The number of nitrogen functional groups attached to an aromatic ring is 1. The van der Waals surface area contributed by atoms with E-state index in [1.807, 2.05) is 19.2 Å². The molecule has 0 aromatic heterocycles. The molecular weight excluding hydrogens is 246 g/mol. The van der Waals surface area contributed by atoms with E-state index in [0.29, 0.717) is 12.1 Å². The van der Waals surface area contributed by atoms with E-state index in [1.54, 1.807) is 23.9 Å². The van der Waals surface area contributed by atoms with Gasteiger partial charge in [-0.2, -0.15) is 11.8 Å². The van der Waals surface area contributed by atoms with E-state index in [2.05, 4.69) is 24.6 Å². The fourth-order valence-corrected chi connectivity index (χ4v) is 1.69. The summed E-state index contributed by atoms with van der Waals surface area (Å²) in [6, 6.07) is 5.43. The Morgan fingerprint density at radius 2 is 2.11 bits per heavy atom. The summed E-state index contributed by atoms with van der Waals surface area (Å²) in [6.45, 7) is 6.75. The highest BCUT2D eigenvalue weighted by Crippen LogP contribution is 2.20. The molecule has 0 spiro atoms. The molecule has 0 bridgehead atoms. The highest BCUT2D eigenvalue weighted by Gasteiger charge is 2.18. The van der Waals surface area contributed by atoms with Gasteiger partial charge in [-0.15, -0.1) is 0 Å². The molecule has 0 aliphatic rings. The molecule has 0 radical (unpaired) electrons. The molecule has 1 aromatic carbocycles. The predicted molar refractivity (Wildman–Crippen MR) is 78.9 cm³/mol. The number of hydrogen-bond acceptors (Lipinski definition) is 4. The van der Waals surface area contributed by atoms with Gasteiger partial charge in [0.25, 0.3) is 5.91 Å². The molecule has 18 heavy (non-hydrogen) atoms. The summed E-state index contributed by atoms with van der Waals surface area (Å²) in [4.78, 5) is 12.1. The number of thioether (sulfide) groups is 1. The molecule has 5 heteroatoms. The van der Waals surface area contributed by atoms with Crippen LogP contribution in [-0.2, 0) is 0 Å². The molecule has 0 heterocycles. The van der Waals surface area contributed by atoms with Gasteiger partial charge in [-0.1, -0.05) is 0 Å². The number of rotatable bonds is 5. The Bertz CT molecular complexity index is 432. The van der Waals surface area contributed by atoms with Crippen molar-refractivity contribution >= 4 is 23.4 Å². The van der Waals surface area contributed by atoms with Crippen molar-refractivity contribution in [3.8, 4) is 0 Å². The van der Waals surface area contributed by atoms with Crippen LogP contribution in [0.4, 0.5) is 5.69 Å². The number of aryl methyl sites for hydroxylation is 1. The van der Waals surface area contributed by atoms with Crippen LogP contribution in [0.25, 0.3) is 0 Å². The van der Waals surface area contributed by atoms with Gasteiger partial charge in [-0.3, -0.25) is 10.6 Å². The minimum absolute atomic E-state index is 0.0433. The number of anilines is 1. The molecule has 0 atom stereocenters. The number of amides is 1. The Balaban J connectivity index is 2.73. The van der Waals surface area contributed by atoms with Gasteiger partial charge in [0.2, 0.25) is 0 Å². The van der Waals surface area contributed by atoms with Gasteiger partial charge in [0.15, 0.2) is 0 Å². The van der Waals surface area contributed by atoms with E-state index in [9.17, 15) is 4.79 Å². The van der Waals surface area contributed by atoms with Crippen molar-refractivity contribution in [1.82, 2.24) is 5.32 Å². The van der Waals surface area contributed by atoms with E-state index < -0.39 is 0 Å². The van der Waals surface area contributed by atoms with Gasteiger partial charge in [0, 0.05) is 22.5 Å². The Hall–Kier alpha value is -1.20. The normalized spacial score (nSPS) is 11.2. The summed E-state index contributed by atoms with van der Waals surface area (Å²) in [5.41, 5.74) is 4.96. The summed E-state index contributed by atoms with van der Waals surface area (Å²) in [5, 5.41) is 2.96. The molecule has 0 aliphatic carbocycles. The van der Waals surface area contributed by atoms with Crippen molar-refractivity contribution in [2.45, 2.75) is 25.5 Å². The Kier molecular flexibility index (Phi) is 5.04.